The average molecular weight is 625 g/mol. The summed E-state index contributed by atoms with van der Waals surface area (Å²) in [5.41, 5.74) is 8.37. The zero-order valence-electron chi connectivity index (χ0n) is 23.3. The Labute approximate surface area is 245 Å². The summed E-state index contributed by atoms with van der Waals surface area (Å²) >= 11 is -0.826. The fourth-order valence-corrected chi connectivity index (χ4v) is 4.30. The van der Waals surface area contributed by atoms with Gasteiger partial charge in [-0.25, -0.2) is 0 Å². The molecule has 192 valence electrons. The molecule has 0 saturated carbocycles. The molecular weight excluding hydrogens is 587 g/mol. The van der Waals surface area contributed by atoms with Gasteiger partial charge in [-0.15, -0.1) is 75.1 Å². The van der Waals surface area contributed by atoms with Crippen LogP contribution in [-0.4, -0.2) is 9.52 Å². The molecule has 2 radical (unpaired) electrons. The van der Waals surface area contributed by atoms with Crippen LogP contribution < -0.4 is 0 Å². The molecular formula is C33H38Cl2SiZr. The van der Waals surface area contributed by atoms with Crippen LogP contribution in [0.25, 0.3) is 32.7 Å². The summed E-state index contributed by atoms with van der Waals surface area (Å²) in [5.74, 6) is 0. The van der Waals surface area contributed by atoms with E-state index in [9.17, 15) is 0 Å². The molecule has 0 spiro atoms. The Morgan fingerprint density at radius 1 is 0.730 bits per heavy atom. The number of aryl methyl sites for hydroxylation is 3. The van der Waals surface area contributed by atoms with Crippen molar-refractivity contribution in [3.05, 3.63) is 107 Å². The molecule has 0 unspecified atom stereocenters. The van der Waals surface area contributed by atoms with Gasteiger partial charge in [0.15, 0.2) is 0 Å². The zero-order valence-corrected chi connectivity index (χ0v) is 28.3. The summed E-state index contributed by atoms with van der Waals surface area (Å²) in [6, 6.07) is 30.8. The number of hydrogen-bond donors (Lipinski definition) is 0. The maximum absolute atomic E-state index is 4.93. The molecule has 0 amide bonds. The van der Waals surface area contributed by atoms with Crippen LogP contribution in [0.1, 0.15) is 43.0 Å². The van der Waals surface area contributed by atoms with Crippen molar-refractivity contribution in [1.82, 2.24) is 0 Å². The van der Waals surface area contributed by atoms with Crippen LogP contribution in [0.5, 0.6) is 0 Å². The quantitative estimate of drug-likeness (QED) is 0.129. The van der Waals surface area contributed by atoms with Gasteiger partial charge in [0.2, 0.25) is 0 Å². The Hall–Kier alpha value is -1.44. The van der Waals surface area contributed by atoms with E-state index < -0.39 is 20.8 Å². The molecule has 0 nitrogen and oxygen atoms in total. The van der Waals surface area contributed by atoms with Crippen molar-refractivity contribution in [2.24, 2.45) is 0 Å². The van der Waals surface area contributed by atoms with Gasteiger partial charge in [0, 0.05) is 9.52 Å². The second-order valence-electron chi connectivity index (χ2n) is 10.3. The summed E-state index contributed by atoms with van der Waals surface area (Å²) in [6.07, 6.45) is 0. The number of fused-ring (bicyclic) bond motifs is 2. The van der Waals surface area contributed by atoms with Gasteiger partial charge in [0.25, 0.3) is 0 Å². The van der Waals surface area contributed by atoms with Crippen molar-refractivity contribution in [1.29, 1.82) is 0 Å². The van der Waals surface area contributed by atoms with Crippen molar-refractivity contribution in [2.45, 2.75) is 60.1 Å². The third kappa shape index (κ3) is 9.07. The third-order valence-corrected chi connectivity index (χ3v) is 6.29. The first-order chi connectivity index (χ1) is 17.6. The van der Waals surface area contributed by atoms with E-state index in [1.807, 2.05) is 0 Å². The summed E-state index contributed by atoms with van der Waals surface area (Å²) < 4.78 is 0. The Bertz CT molecular complexity index is 1370. The molecule has 0 fully saturated rings. The van der Waals surface area contributed by atoms with Gasteiger partial charge in [-0.1, -0.05) is 96.6 Å². The molecule has 37 heavy (non-hydrogen) atoms. The Morgan fingerprint density at radius 3 is 1.84 bits per heavy atom. The average Bonchev–Trinajstić information content (AvgIpc) is 3.38. The first-order valence-corrected chi connectivity index (χ1v) is 20.8. The molecule has 0 aliphatic rings. The normalized spacial score (nSPS) is 10.4. The van der Waals surface area contributed by atoms with Crippen LogP contribution >= 0.6 is 17.0 Å². The van der Waals surface area contributed by atoms with Gasteiger partial charge < -0.3 is 0 Å². The van der Waals surface area contributed by atoms with Crippen molar-refractivity contribution >= 4 is 48.1 Å². The van der Waals surface area contributed by atoms with Crippen molar-refractivity contribution in [3.8, 4) is 11.1 Å². The van der Waals surface area contributed by atoms with Crippen LogP contribution in [0.15, 0.2) is 84.9 Å². The minimum absolute atomic E-state index is 0.210. The van der Waals surface area contributed by atoms with Crippen molar-refractivity contribution in [2.75, 3.05) is 0 Å². The van der Waals surface area contributed by atoms with E-state index in [0.717, 1.165) is 9.52 Å². The van der Waals surface area contributed by atoms with Crippen LogP contribution in [0.2, 0.25) is 13.1 Å². The van der Waals surface area contributed by atoms with Gasteiger partial charge in [-0.05, 0) is 16.5 Å². The van der Waals surface area contributed by atoms with E-state index in [1.54, 1.807) is 0 Å². The van der Waals surface area contributed by atoms with E-state index in [4.69, 9.17) is 17.0 Å². The second kappa shape index (κ2) is 15.2. The van der Waals surface area contributed by atoms with Gasteiger partial charge in [-0.3, -0.25) is 0 Å². The molecule has 0 atom stereocenters. The zero-order chi connectivity index (χ0) is 27.6. The van der Waals surface area contributed by atoms with E-state index >= 15 is 0 Å². The Kier molecular flexibility index (Phi) is 13.1. The Morgan fingerprint density at radius 2 is 1.27 bits per heavy atom. The molecule has 0 aromatic heterocycles. The number of hydrogen-bond acceptors (Lipinski definition) is 0. The molecule has 0 bridgehead atoms. The van der Waals surface area contributed by atoms with Crippen LogP contribution in [-0.2, 0) is 26.3 Å². The molecule has 0 aliphatic heterocycles. The van der Waals surface area contributed by atoms with Crippen LogP contribution in [0.4, 0.5) is 0 Å². The number of halogens is 2. The molecule has 0 heterocycles. The number of rotatable bonds is 1. The second-order valence-corrected chi connectivity index (χ2v) is 15.0. The first kappa shape index (κ1) is 31.8. The van der Waals surface area contributed by atoms with Crippen LogP contribution in [0, 0.1) is 20.8 Å². The SMILES string of the molecule is C[Si]C.Cc1[cH-]c2ccccc2c1C.Cc1cc2c(-c3ccc(C(C)(C)C)cc3)cccc2[cH-]1.[Cl][Zr+2][Cl]. The predicted molar refractivity (Wildman–Crippen MR) is 167 cm³/mol. The maximum atomic E-state index is 4.93. The monoisotopic (exact) mass is 622 g/mol. The molecule has 0 aliphatic carbocycles. The molecule has 0 N–H and O–H groups in total. The summed E-state index contributed by atoms with van der Waals surface area (Å²) in [5, 5.41) is 5.45. The van der Waals surface area contributed by atoms with Crippen molar-refractivity contribution in [3.63, 3.8) is 0 Å². The molecule has 5 rings (SSSR count). The van der Waals surface area contributed by atoms with Gasteiger partial charge >= 0.3 is 37.9 Å². The fraction of sp³-hybridized carbons (Fsp3) is 0.273. The van der Waals surface area contributed by atoms with E-state index in [2.05, 4.69) is 140 Å². The topological polar surface area (TPSA) is 0 Å². The minimum atomic E-state index is -0.826. The van der Waals surface area contributed by atoms with Crippen molar-refractivity contribution < 1.29 is 20.8 Å². The van der Waals surface area contributed by atoms with E-state index in [-0.39, 0.29) is 5.41 Å². The Balaban J connectivity index is 0.000000237. The van der Waals surface area contributed by atoms with Gasteiger partial charge in [0.05, 0.1) is 0 Å². The molecule has 5 aromatic carbocycles. The van der Waals surface area contributed by atoms with E-state index in [0.29, 0.717) is 0 Å². The standard InChI is InChI=1S/C20H21.C11H11.C2H6Si.2ClH.Zr/c1-14-12-16-6-5-7-18(19(16)13-14)15-8-10-17(11-9-15)20(2,3)4;1-8-7-10-5-3-4-6-11(10)9(8)2;1-3-2;;;/h5-13H,1-4H3;3-7H,1-2H3;1-2H3;2*1H;/q2*-1;;;;+4/p-2. The fourth-order valence-electron chi connectivity index (χ4n) is 4.30. The number of benzene rings is 3. The summed E-state index contributed by atoms with van der Waals surface area (Å²) in [4.78, 5) is 0. The summed E-state index contributed by atoms with van der Waals surface area (Å²) in [7, 11) is 11.0. The molecule has 4 heteroatoms. The molecule has 5 aromatic rings. The summed E-state index contributed by atoms with van der Waals surface area (Å²) in [6.45, 7) is 17.6. The predicted octanol–water partition coefficient (Wildman–Crippen LogP) is 11.2. The van der Waals surface area contributed by atoms with E-state index in [1.165, 1.54) is 54.9 Å². The van der Waals surface area contributed by atoms with Gasteiger partial charge in [-0.2, -0.15) is 11.6 Å². The third-order valence-electron chi connectivity index (χ3n) is 6.29. The van der Waals surface area contributed by atoms with Crippen LogP contribution in [0.3, 0.4) is 0 Å². The first-order valence-electron chi connectivity index (χ1n) is 12.5. The van der Waals surface area contributed by atoms with Gasteiger partial charge in [0.1, 0.15) is 0 Å². The molecule has 0 saturated heterocycles.